The van der Waals surface area contributed by atoms with Gasteiger partial charge in [0.25, 0.3) is 0 Å². The van der Waals surface area contributed by atoms with Crippen LogP contribution in [0.1, 0.15) is 99.3 Å². The van der Waals surface area contributed by atoms with Crippen molar-refractivity contribution in [3.8, 4) is 17.2 Å². The molecule has 11 nitrogen and oxygen atoms in total. The number of carbonyl (C=O) groups is 1. The van der Waals surface area contributed by atoms with E-state index in [2.05, 4.69) is 69.0 Å². The smallest absolute Gasteiger partial charge is 0.410 e. The maximum Gasteiger partial charge on any atom is 0.410 e. The van der Waals surface area contributed by atoms with Crippen LogP contribution in [0.2, 0.25) is 0 Å². The zero-order valence-corrected chi connectivity index (χ0v) is 38.3. The van der Waals surface area contributed by atoms with Gasteiger partial charge in [-0.15, -0.1) is 6.58 Å². The minimum atomic E-state index is -1.45. The van der Waals surface area contributed by atoms with Gasteiger partial charge in [0.1, 0.15) is 23.3 Å². The molecule has 0 radical (unpaired) electrons. The SMILES string of the molecule is C=CCO[C@@]12Oc3ccc(Oc4ccc(C)c(C)c4)cc3[C@H]3[C@H](CCCCO)[C@@H](CCCCO)C=C(C(=NOC4CCCCO4)C[C@@H]1N(Cc1cccc4ccccc14)C(=O)OCC)[C@H]32. The van der Waals surface area contributed by atoms with Gasteiger partial charge in [-0.05, 0) is 134 Å². The summed E-state index contributed by atoms with van der Waals surface area (Å²) in [5.41, 5.74) is 5.93. The number of aliphatic hydroxyl groups is 2. The molecule has 4 aromatic carbocycles. The van der Waals surface area contributed by atoms with Crippen LogP contribution in [0.25, 0.3) is 10.8 Å². The van der Waals surface area contributed by atoms with E-state index in [4.69, 9.17) is 33.7 Å². The standard InChI is InChI=1S/C54H66N2O9/c1-5-29-62-54-49(56(53(59)60-6-2)35-40-19-15-18-38-16-7-8-20-43(38)40)34-47(55-65-50-22-11-14-30-61-50)45-32-39(17-9-12-27-57)44(21-10-13-28-58)51(52(45)54)46-33-42(25-26-48(46)64-54)63-41-24-23-36(3)37(4)31-41/h5,7-8,15-16,18-20,23-26,31-33,39,44,49-52,57-58H,1,6,9-14,17,21-22,27-30,34-35H2,2-4H3/t39-,44+,49-,50?,51+,52+,54+/m0/s1. The minimum Gasteiger partial charge on any atom is -0.459 e. The summed E-state index contributed by atoms with van der Waals surface area (Å²) in [4.78, 5) is 22.9. The maximum absolute atomic E-state index is 14.8. The molecule has 2 heterocycles. The number of nitrogens with zero attached hydrogens (tertiary/aromatic N) is 2. The van der Waals surface area contributed by atoms with E-state index in [9.17, 15) is 15.0 Å². The molecule has 2 aliphatic carbocycles. The van der Waals surface area contributed by atoms with Crippen LogP contribution in [-0.2, 0) is 25.6 Å². The van der Waals surface area contributed by atoms with Crippen LogP contribution < -0.4 is 9.47 Å². The van der Waals surface area contributed by atoms with Crippen LogP contribution in [0.3, 0.4) is 0 Å². The first-order valence-electron chi connectivity index (χ1n) is 23.8. The number of hydrogen-bond donors (Lipinski definition) is 2. The van der Waals surface area contributed by atoms with Crippen molar-refractivity contribution in [1.29, 1.82) is 0 Å². The first-order valence-corrected chi connectivity index (χ1v) is 23.8. The van der Waals surface area contributed by atoms with Crippen molar-refractivity contribution in [2.75, 3.05) is 33.0 Å². The van der Waals surface area contributed by atoms with Crippen LogP contribution in [0.5, 0.6) is 17.2 Å². The van der Waals surface area contributed by atoms with Crippen molar-refractivity contribution in [3.05, 3.63) is 125 Å². The van der Waals surface area contributed by atoms with E-state index in [0.717, 1.165) is 83.7 Å². The number of rotatable bonds is 19. The molecule has 1 saturated carbocycles. The summed E-state index contributed by atoms with van der Waals surface area (Å²) >= 11 is 0. The second-order valence-corrected chi connectivity index (χ2v) is 18.0. The van der Waals surface area contributed by atoms with Crippen molar-refractivity contribution in [1.82, 2.24) is 4.90 Å². The number of unbranched alkanes of at least 4 members (excludes halogenated alkanes) is 2. The molecule has 8 rings (SSSR count). The largest absolute Gasteiger partial charge is 0.459 e. The van der Waals surface area contributed by atoms with E-state index in [-0.39, 0.29) is 57.1 Å². The lowest BCUT2D eigenvalue weighted by molar-refractivity contribution is -0.256. The molecule has 65 heavy (non-hydrogen) atoms. The Labute approximate surface area is 384 Å². The molecule has 0 spiro atoms. The fourth-order valence-corrected chi connectivity index (χ4v) is 10.7. The van der Waals surface area contributed by atoms with Gasteiger partial charge in [0.15, 0.2) is 0 Å². The Morgan fingerprint density at radius 2 is 1.72 bits per heavy atom. The van der Waals surface area contributed by atoms with Crippen molar-refractivity contribution in [2.24, 2.45) is 22.9 Å². The summed E-state index contributed by atoms with van der Waals surface area (Å²) < 4.78 is 33.3. The van der Waals surface area contributed by atoms with E-state index in [1.807, 2.05) is 43.3 Å². The molecule has 1 unspecified atom stereocenters. The van der Waals surface area contributed by atoms with Crippen LogP contribution in [0, 0.1) is 31.6 Å². The first-order chi connectivity index (χ1) is 31.8. The van der Waals surface area contributed by atoms with Gasteiger partial charge in [-0.25, -0.2) is 4.79 Å². The van der Waals surface area contributed by atoms with Gasteiger partial charge in [-0.1, -0.05) is 78.7 Å². The first kappa shape index (κ1) is 46.3. The van der Waals surface area contributed by atoms with E-state index in [1.54, 1.807) is 11.0 Å². The topological polar surface area (TPSA) is 129 Å². The van der Waals surface area contributed by atoms with Crippen molar-refractivity contribution >= 4 is 22.6 Å². The molecule has 4 aliphatic rings. The fraction of sp³-hybridized carbons (Fsp3) is 0.481. The molecule has 11 heteroatoms. The summed E-state index contributed by atoms with van der Waals surface area (Å²) in [5.74, 6) is 0.0499. The second kappa shape index (κ2) is 21.4. The van der Waals surface area contributed by atoms with Gasteiger partial charge < -0.3 is 38.7 Å². The van der Waals surface area contributed by atoms with Crippen molar-refractivity contribution < 1.29 is 43.5 Å². The molecular formula is C54H66N2O9. The average Bonchev–Trinajstić information content (AvgIpc) is 3.32. The number of oxime groups is 1. The number of aliphatic hydroxyl groups excluding tert-OH is 2. The Morgan fingerprint density at radius 1 is 0.938 bits per heavy atom. The Balaban J connectivity index is 1.35. The third kappa shape index (κ3) is 9.99. The summed E-state index contributed by atoms with van der Waals surface area (Å²) in [6.45, 7) is 11.4. The number of fused-ring (bicyclic) bond motifs is 3. The zero-order valence-electron chi connectivity index (χ0n) is 38.3. The molecule has 2 fully saturated rings. The Bertz CT molecular complexity index is 2330. The molecular weight excluding hydrogens is 821 g/mol. The van der Waals surface area contributed by atoms with E-state index < -0.39 is 30.1 Å². The summed E-state index contributed by atoms with van der Waals surface area (Å²) in [7, 11) is 0. The predicted octanol–water partition coefficient (Wildman–Crippen LogP) is 11.1. The number of hydrogen-bond acceptors (Lipinski definition) is 10. The lowest BCUT2D eigenvalue weighted by atomic mass is 9.55. The Morgan fingerprint density at radius 3 is 2.49 bits per heavy atom. The fourth-order valence-electron chi connectivity index (χ4n) is 10.7. The van der Waals surface area contributed by atoms with Crippen LogP contribution in [0.4, 0.5) is 4.79 Å². The molecule has 1 amide bonds. The van der Waals surface area contributed by atoms with Crippen molar-refractivity contribution in [3.63, 3.8) is 0 Å². The lowest BCUT2D eigenvalue weighted by Gasteiger charge is -2.60. The molecule has 1 saturated heterocycles. The molecule has 4 aromatic rings. The van der Waals surface area contributed by atoms with E-state index in [0.29, 0.717) is 36.7 Å². The molecule has 2 aliphatic heterocycles. The minimum absolute atomic E-state index is 0.0527. The van der Waals surface area contributed by atoms with Gasteiger partial charge in [-0.3, -0.25) is 4.90 Å². The number of aryl methyl sites for hydroxylation is 2. The van der Waals surface area contributed by atoms with Gasteiger partial charge in [0.05, 0.1) is 38.0 Å². The summed E-state index contributed by atoms with van der Waals surface area (Å²) in [5, 5.41) is 27.2. The average molecular weight is 887 g/mol. The number of ether oxygens (including phenoxy) is 5. The molecule has 346 valence electrons. The van der Waals surface area contributed by atoms with Crippen LogP contribution in [0.15, 0.2) is 108 Å². The predicted molar refractivity (Wildman–Crippen MR) is 252 cm³/mol. The third-order valence-corrected chi connectivity index (χ3v) is 13.9. The van der Waals surface area contributed by atoms with Gasteiger partial charge in [-0.2, -0.15) is 0 Å². The highest BCUT2D eigenvalue weighted by molar-refractivity contribution is 6.03. The highest BCUT2D eigenvalue weighted by Crippen LogP contribution is 2.62. The van der Waals surface area contributed by atoms with Crippen molar-refractivity contribution in [2.45, 2.75) is 116 Å². The number of carbonyl (C=O) groups excluding carboxylic acids is 1. The highest BCUT2D eigenvalue weighted by atomic mass is 16.8. The van der Waals surface area contributed by atoms with Crippen LogP contribution >= 0.6 is 0 Å². The van der Waals surface area contributed by atoms with Gasteiger partial charge in [0, 0.05) is 37.5 Å². The molecule has 0 bridgehead atoms. The quantitative estimate of drug-likeness (QED) is 0.0537. The number of benzene rings is 4. The molecule has 0 aromatic heterocycles. The Kier molecular flexibility index (Phi) is 15.3. The van der Waals surface area contributed by atoms with Gasteiger partial charge in [0.2, 0.25) is 12.1 Å². The summed E-state index contributed by atoms with van der Waals surface area (Å²) in [6, 6.07) is 25.8. The van der Waals surface area contributed by atoms with E-state index >= 15 is 0 Å². The lowest BCUT2D eigenvalue weighted by Crippen LogP contribution is -2.70. The van der Waals surface area contributed by atoms with Gasteiger partial charge >= 0.3 is 6.09 Å². The summed E-state index contributed by atoms with van der Waals surface area (Å²) in [6.07, 6.45) is 10.7. The van der Waals surface area contributed by atoms with Crippen LogP contribution in [-0.4, -0.2) is 78.1 Å². The second-order valence-electron chi connectivity index (χ2n) is 18.0. The normalized spacial score (nSPS) is 25.2. The zero-order chi connectivity index (χ0) is 45.3. The maximum atomic E-state index is 14.8. The monoisotopic (exact) mass is 886 g/mol. The third-order valence-electron chi connectivity index (χ3n) is 13.9. The number of amides is 1. The Hall–Kier alpha value is -5.20. The highest BCUT2D eigenvalue weighted by Gasteiger charge is 2.66. The molecule has 7 atom stereocenters. The number of allylic oxidation sites excluding steroid dienone is 1. The van der Waals surface area contributed by atoms with E-state index in [1.165, 1.54) is 5.56 Å². The molecule has 2 N–H and O–H groups in total.